The second-order valence-corrected chi connectivity index (χ2v) is 8.73. The standard InChI is InChI=1S/C24H29N3O3/c1-17-13-21(17)22(28)27-11-12-30-24(16-27,23(29)26(2)3)15-18-5-4-6-20(14-18)19-7-9-25-10-8-19/h4-10,14,17,21H,11-13,15-16H2,1-3H3. The van der Waals surface area contributed by atoms with E-state index < -0.39 is 5.60 Å². The van der Waals surface area contributed by atoms with Gasteiger partial charge in [0.25, 0.3) is 5.91 Å². The van der Waals surface area contributed by atoms with Crippen LogP contribution in [0.5, 0.6) is 0 Å². The van der Waals surface area contributed by atoms with Gasteiger partial charge in [0, 0.05) is 45.4 Å². The van der Waals surface area contributed by atoms with Crippen LogP contribution in [0.15, 0.2) is 48.8 Å². The molecule has 0 N–H and O–H groups in total. The van der Waals surface area contributed by atoms with E-state index in [1.807, 2.05) is 35.2 Å². The molecule has 3 atom stereocenters. The van der Waals surface area contributed by atoms with Gasteiger partial charge in [-0.1, -0.05) is 31.2 Å². The highest BCUT2D eigenvalue weighted by molar-refractivity contribution is 5.88. The molecule has 6 nitrogen and oxygen atoms in total. The van der Waals surface area contributed by atoms with Gasteiger partial charge < -0.3 is 14.5 Å². The van der Waals surface area contributed by atoms with Crippen molar-refractivity contribution >= 4 is 11.8 Å². The van der Waals surface area contributed by atoms with Gasteiger partial charge in [0.05, 0.1) is 13.2 Å². The van der Waals surface area contributed by atoms with Crippen LogP contribution in [0.3, 0.4) is 0 Å². The van der Waals surface area contributed by atoms with E-state index in [2.05, 4.69) is 18.0 Å². The molecule has 6 heteroatoms. The van der Waals surface area contributed by atoms with Gasteiger partial charge in [-0.2, -0.15) is 0 Å². The van der Waals surface area contributed by atoms with Gasteiger partial charge in [-0.15, -0.1) is 0 Å². The molecule has 2 heterocycles. The Balaban J connectivity index is 1.62. The molecule has 1 aliphatic carbocycles. The van der Waals surface area contributed by atoms with Gasteiger partial charge in [-0.05, 0) is 41.2 Å². The number of rotatable bonds is 5. The minimum atomic E-state index is -1.06. The minimum Gasteiger partial charge on any atom is -0.361 e. The van der Waals surface area contributed by atoms with Crippen molar-refractivity contribution in [3.05, 3.63) is 54.4 Å². The SMILES string of the molecule is CC1CC1C(=O)N1CCOC(Cc2cccc(-c3ccncc3)c2)(C(=O)N(C)C)C1. The first kappa shape index (κ1) is 20.5. The second kappa shape index (κ2) is 8.19. The first-order chi connectivity index (χ1) is 14.4. The Bertz CT molecular complexity index is 930. The Labute approximate surface area is 177 Å². The summed E-state index contributed by atoms with van der Waals surface area (Å²) in [6.07, 6.45) is 4.91. The predicted octanol–water partition coefficient (Wildman–Crippen LogP) is 2.63. The number of carbonyl (C=O) groups is 2. The van der Waals surface area contributed by atoms with Crippen LogP contribution in [0.4, 0.5) is 0 Å². The highest BCUT2D eigenvalue weighted by atomic mass is 16.5. The fourth-order valence-electron chi connectivity index (χ4n) is 4.33. The predicted molar refractivity (Wildman–Crippen MR) is 115 cm³/mol. The Morgan fingerprint density at radius 1 is 1.20 bits per heavy atom. The first-order valence-electron chi connectivity index (χ1n) is 10.5. The van der Waals surface area contributed by atoms with Crippen LogP contribution in [0.1, 0.15) is 18.9 Å². The molecule has 2 fully saturated rings. The molecule has 158 valence electrons. The first-order valence-corrected chi connectivity index (χ1v) is 10.5. The van der Waals surface area contributed by atoms with Crippen molar-refractivity contribution in [3.8, 4) is 11.1 Å². The van der Waals surface area contributed by atoms with Crippen molar-refractivity contribution in [2.45, 2.75) is 25.4 Å². The van der Waals surface area contributed by atoms with E-state index in [1.54, 1.807) is 31.4 Å². The average Bonchev–Trinajstić information content (AvgIpc) is 3.50. The van der Waals surface area contributed by atoms with Crippen molar-refractivity contribution in [3.63, 3.8) is 0 Å². The number of nitrogens with zero attached hydrogens (tertiary/aromatic N) is 3. The quantitative estimate of drug-likeness (QED) is 0.764. The van der Waals surface area contributed by atoms with Crippen molar-refractivity contribution in [1.29, 1.82) is 0 Å². The zero-order valence-electron chi connectivity index (χ0n) is 17.9. The van der Waals surface area contributed by atoms with E-state index in [4.69, 9.17) is 4.74 Å². The van der Waals surface area contributed by atoms with E-state index in [-0.39, 0.29) is 17.7 Å². The van der Waals surface area contributed by atoms with E-state index in [0.29, 0.717) is 32.0 Å². The lowest BCUT2D eigenvalue weighted by atomic mass is 9.89. The Hall–Kier alpha value is -2.73. The van der Waals surface area contributed by atoms with E-state index in [0.717, 1.165) is 23.1 Å². The number of aromatic nitrogens is 1. The van der Waals surface area contributed by atoms with Gasteiger partial charge in [0.15, 0.2) is 5.60 Å². The van der Waals surface area contributed by atoms with Crippen LogP contribution < -0.4 is 0 Å². The monoisotopic (exact) mass is 407 g/mol. The van der Waals surface area contributed by atoms with Crippen molar-refractivity contribution < 1.29 is 14.3 Å². The molecule has 2 aromatic rings. The molecule has 1 aromatic heterocycles. The van der Waals surface area contributed by atoms with Crippen LogP contribution >= 0.6 is 0 Å². The maximum Gasteiger partial charge on any atom is 0.256 e. The molecule has 1 saturated carbocycles. The summed E-state index contributed by atoms with van der Waals surface area (Å²) in [6, 6.07) is 12.1. The lowest BCUT2D eigenvalue weighted by Crippen LogP contribution is -2.62. The van der Waals surface area contributed by atoms with Crippen LogP contribution in [-0.4, -0.2) is 66.0 Å². The highest BCUT2D eigenvalue weighted by Gasteiger charge is 2.49. The molecule has 1 aromatic carbocycles. The Morgan fingerprint density at radius 3 is 2.60 bits per heavy atom. The summed E-state index contributed by atoms with van der Waals surface area (Å²) >= 11 is 0. The van der Waals surface area contributed by atoms with Crippen LogP contribution in [0, 0.1) is 11.8 Å². The second-order valence-electron chi connectivity index (χ2n) is 8.73. The van der Waals surface area contributed by atoms with Crippen LogP contribution in [-0.2, 0) is 20.7 Å². The van der Waals surface area contributed by atoms with Gasteiger partial charge in [-0.25, -0.2) is 0 Å². The number of amides is 2. The summed E-state index contributed by atoms with van der Waals surface area (Å²) in [6.45, 7) is 3.31. The fraction of sp³-hybridized carbons (Fsp3) is 0.458. The average molecular weight is 408 g/mol. The number of ether oxygens (including phenoxy) is 1. The normalized spacial score (nSPS) is 25.6. The molecule has 0 bridgehead atoms. The number of morpholine rings is 1. The number of hydrogen-bond acceptors (Lipinski definition) is 4. The summed E-state index contributed by atoms with van der Waals surface area (Å²) < 4.78 is 6.15. The van der Waals surface area contributed by atoms with E-state index >= 15 is 0 Å². The van der Waals surface area contributed by atoms with Crippen molar-refractivity contribution in [1.82, 2.24) is 14.8 Å². The summed E-state index contributed by atoms with van der Waals surface area (Å²) in [5.41, 5.74) is 2.09. The molecule has 3 unspecified atom stereocenters. The number of hydrogen-bond donors (Lipinski definition) is 0. The molecule has 2 amide bonds. The van der Waals surface area contributed by atoms with E-state index in [9.17, 15) is 9.59 Å². The van der Waals surface area contributed by atoms with Gasteiger partial charge in [0.2, 0.25) is 5.91 Å². The maximum atomic E-state index is 13.3. The zero-order valence-corrected chi connectivity index (χ0v) is 17.9. The summed E-state index contributed by atoms with van der Waals surface area (Å²) in [5.74, 6) is 0.604. The molecular weight excluding hydrogens is 378 g/mol. The third-order valence-electron chi connectivity index (χ3n) is 6.15. The molecule has 1 saturated heterocycles. The number of carbonyl (C=O) groups excluding carboxylic acids is 2. The molecule has 30 heavy (non-hydrogen) atoms. The fourth-order valence-corrected chi connectivity index (χ4v) is 4.33. The van der Waals surface area contributed by atoms with Crippen LogP contribution in [0.25, 0.3) is 11.1 Å². The molecule has 4 rings (SSSR count). The Morgan fingerprint density at radius 2 is 1.93 bits per heavy atom. The van der Waals surface area contributed by atoms with Gasteiger partial charge in [-0.3, -0.25) is 14.6 Å². The maximum absolute atomic E-state index is 13.3. The third kappa shape index (κ3) is 4.10. The summed E-state index contributed by atoms with van der Waals surface area (Å²) in [5, 5.41) is 0. The van der Waals surface area contributed by atoms with Crippen molar-refractivity contribution in [2.75, 3.05) is 33.8 Å². The third-order valence-corrected chi connectivity index (χ3v) is 6.15. The molecule has 2 aliphatic rings. The van der Waals surface area contributed by atoms with Crippen molar-refractivity contribution in [2.24, 2.45) is 11.8 Å². The molecular formula is C24H29N3O3. The zero-order chi connectivity index (χ0) is 21.3. The minimum absolute atomic E-state index is 0.0989. The molecule has 1 aliphatic heterocycles. The lowest BCUT2D eigenvalue weighted by molar-refractivity contribution is -0.173. The Kier molecular flexibility index (Phi) is 5.60. The summed E-state index contributed by atoms with van der Waals surface area (Å²) in [4.78, 5) is 33.6. The molecule has 0 radical (unpaired) electrons. The van der Waals surface area contributed by atoms with Crippen LogP contribution in [0.2, 0.25) is 0 Å². The molecule has 0 spiro atoms. The highest BCUT2D eigenvalue weighted by Crippen LogP contribution is 2.40. The topological polar surface area (TPSA) is 62.7 Å². The smallest absolute Gasteiger partial charge is 0.256 e. The van der Waals surface area contributed by atoms with E-state index in [1.165, 1.54) is 0 Å². The van der Waals surface area contributed by atoms with Gasteiger partial charge >= 0.3 is 0 Å². The number of benzene rings is 1. The number of likely N-dealkylation sites (N-methyl/N-ethyl adjacent to an activating group) is 1. The number of pyridine rings is 1. The lowest BCUT2D eigenvalue weighted by Gasteiger charge is -2.43. The summed E-state index contributed by atoms with van der Waals surface area (Å²) in [7, 11) is 3.48. The van der Waals surface area contributed by atoms with Gasteiger partial charge in [0.1, 0.15) is 0 Å². The largest absolute Gasteiger partial charge is 0.361 e.